The van der Waals surface area contributed by atoms with Gasteiger partial charge in [-0.2, -0.15) is 0 Å². The van der Waals surface area contributed by atoms with Crippen LogP contribution in [0.3, 0.4) is 0 Å². The third kappa shape index (κ3) is 3.91. The number of hydrogen-bond donors (Lipinski definition) is 1. The Morgan fingerprint density at radius 1 is 1.44 bits per heavy atom. The third-order valence-corrected chi connectivity index (χ3v) is 2.64. The minimum Gasteiger partial charge on any atom is -0.467 e. The summed E-state index contributed by atoms with van der Waals surface area (Å²) in [4.78, 5) is 24.9. The molecule has 0 spiro atoms. The van der Waals surface area contributed by atoms with Gasteiger partial charge in [0.1, 0.15) is 11.8 Å². The zero-order valence-corrected chi connectivity index (χ0v) is 11.3. The van der Waals surface area contributed by atoms with Gasteiger partial charge in [-0.15, -0.1) is 0 Å². The number of carbonyl (C=O) groups is 2. The molecule has 0 bridgehead atoms. The minimum absolute atomic E-state index is 0.0421. The summed E-state index contributed by atoms with van der Waals surface area (Å²) < 4.78 is 5.19. The predicted octanol–water partition coefficient (Wildman–Crippen LogP) is 1.40. The van der Waals surface area contributed by atoms with E-state index in [1.807, 2.05) is 19.9 Å². The molecular weight excluding hydrogens is 232 g/mol. The summed E-state index contributed by atoms with van der Waals surface area (Å²) in [6.45, 7) is 5.61. The normalized spacial score (nSPS) is 12.3. The van der Waals surface area contributed by atoms with Crippen LogP contribution in [0.5, 0.6) is 0 Å². The molecule has 1 aromatic heterocycles. The molecule has 0 saturated carbocycles. The lowest BCUT2D eigenvalue weighted by Crippen LogP contribution is -2.49. The maximum Gasteiger partial charge on any atom is 0.245 e. The molecule has 0 unspecified atom stereocenters. The van der Waals surface area contributed by atoms with Crippen molar-refractivity contribution in [3.63, 3.8) is 0 Å². The van der Waals surface area contributed by atoms with Gasteiger partial charge < -0.3 is 14.6 Å². The SMILES string of the molecule is CC(=O)N[C@@H](C(=O)N(C)Cc1ccco1)C(C)C. The fourth-order valence-electron chi connectivity index (χ4n) is 1.68. The fraction of sp³-hybridized carbons (Fsp3) is 0.538. The molecule has 0 fully saturated rings. The number of rotatable bonds is 5. The Kier molecular flexibility index (Phi) is 4.95. The van der Waals surface area contributed by atoms with Crippen molar-refractivity contribution in [2.75, 3.05) is 7.05 Å². The van der Waals surface area contributed by atoms with Crippen molar-refractivity contribution in [1.82, 2.24) is 10.2 Å². The van der Waals surface area contributed by atoms with Crippen LogP contribution in [-0.2, 0) is 16.1 Å². The van der Waals surface area contributed by atoms with E-state index in [1.165, 1.54) is 6.92 Å². The molecule has 5 heteroatoms. The van der Waals surface area contributed by atoms with Crippen LogP contribution in [-0.4, -0.2) is 29.8 Å². The van der Waals surface area contributed by atoms with E-state index in [9.17, 15) is 9.59 Å². The number of furan rings is 1. The summed E-state index contributed by atoms with van der Waals surface area (Å²) in [6, 6.07) is 3.09. The van der Waals surface area contributed by atoms with Crippen LogP contribution >= 0.6 is 0 Å². The second kappa shape index (κ2) is 6.23. The van der Waals surface area contributed by atoms with Gasteiger partial charge in [0.15, 0.2) is 0 Å². The lowest BCUT2D eigenvalue weighted by molar-refractivity contribution is -0.136. The van der Waals surface area contributed by atoms with Gasteiger partial charge in [0.2, 0.25) is 11.8 Å². The van der Waals surface area contributed by atoms with Crippen molar-refractivity contribution >= 4 is 11.8 Å². The highest BCUT2D eigenvalue weighted by Crippen LogP contribution is 2.09. The van der Waals surface area contributed by atoms with E-state index in [0.29, 0.717) is 6.54 Å². The van der Waals surface area contributed by atoms with Crippen LogP contribution in [0, 0.1) is 5.92 Å². The number of carbonyl (C=O) groups excluding carboxylic acids is 2. The molecule has 0 radical (unpaired) electrons. The first-order valence-electron chi connectivity index (χ1n) is 5.96. The quantitative estimate of drug-likeness (QED) is 0.861. The Morgan fingerprint density at radius 2 is 2.11 bits per heavy atom. The Morgan fingerprint density at radius 3 is 2.56 bits per heavy atom. The summed E-state index contributed by atoms with van der Waals surface area (Å²) >= 11 is 0. The van der Waals surface area contributed by atoms with E-state index >= 15 is 0 Å². The second-order valence-corrected chi connectivity index (χ2v) is 4.70. The molecule has 0 aromatic carbocycles. The molecule has 1 heterocycles. The summed E-state index contributed by atoms with van der Waals surface area (Å²) in [7, 11) is 1.70. The topological polar surface area (TPSA) is 62.6 Å². The molecule has 1 aromatic rings. The van der Waals surface area contributed by atoms with E-state index in [1.54, 1.807) is 24.3 Å². The van der Waals surface area contributed by atoms with E-state index in [4.69, 9.17) is 4.42 Å². The minimum atomic E-state index is -0.498. The average Bonchev–Trinajstić information content (AvgIpc) is 2.77. The lowest BCUT2D eigenvalue weighted by atomic mass is 10.0. The molecule has 100 valence electrons. The molecule has 1 rings (SSSR count). The molecule has 0 saturated heterocycles. The number of nitrogens with zero attached hydrogens (tertiary/aromatic N) is 1. The third-order valence-electron chi connectivity index (χ3n) is 2.64. The highest BCUT2D eigenvalue weighted by molar-refractivity contribution is 5.86. The van der Waals surface area contributed by atoms with Crippen molar-refractivity contribution in [3.8, 4) is 0 Å². The van der Waals surface area contributed by atoms with Gasteiger partial charge in [-0.1, -0.05) is 13.8 Å². The van der Waals surface area contributed by atoms with E-state index in [0.717, 1.165) is 5.76 Å². The van der Waals surface area contributed by atoms with Crippen molar-refractivity contribution in [2.24, 2.45) is 5.92 Å². The van der Waals surface area contributed by atoms with Crippen molar-refractivity contribution in [2.45, 2.75) is 33.4 Å². The highest BCUT2D eigenvalue weighted by Gasteiger charge is 2.26. The second-order valence-electron chi connectivity index (χ2n) is 4.70. The van der Waals surface area contributed by atoms with Crippen LogP contribution in [0.25, 0.3) is 0 Å². The van der Waals surface area contributed by atoms with Crippen LogP contribution in [0.4, 0.5) is 0 Å². The maximum atomic E-state index is 12.2. The largest absolute Gasteiger partial charge is 0.467 e. The summed E-state index contributed by atoms with van der Waals surface area (Å²) in [6.07, 6.45) is 1.57. The Balaban J connectivity index is 2.67. The standard InChI is InChI=1S/C13H20N2O3/c1-9(2)12(14-10(3)16)13(17)15(4)8-11-6-5-7-18-11/h5-7,9,12H,8H2,1-4H3,(H,14,16)/t12-/m1/s1. The molecule has 18 heavy (non-hydrogen) atoms. The zero-order chi connectivity index (χ0) is 13.7. The Bertz CT molecular complexity index is 398. The van der Waals surface area contributed by atoms with Crippen LogP contribution in [0.15, 0.2) is 22.8 Å². The summed E-state index contributed by atoms with van der Waals surface area (Å²) in [5.74, 6) is 0.446. The van der Waals surface area contributed by atoms with Crippen LogP contribution < -0.4 is 5.32 Å². The first-order chi connectivity index (χ1) is 8.41. The number of hydrogen-bond acceptors (Lipinski definition) is 3. The molecule has 0 aliphatic carbocycles. The number of likely N-dealkylation sites (N-methyl/N-ethyl adjacent to an activating group) is 1. The van der Waals surface area contributed by atoms with Crippen LogP contribution in [0.1, 0.15) is 26.5 Å². The molecule has 5 nitrogen and oxygen atoms in total. The summed E-state index contributed by atoms with van der Waals surface area (Å²) in [5, 5.41) is 2.68. The highest BCUT2D eigenvalue weighted by atomic mass is 16.3. The lowest BCUT2D eigenvalue weighted by Gasteiger charge is -2.26. The number of amides is 2. The molecular formula is C13H20N2O3. The molecule has 1 N–H and O–H groups in total. The smallest absolute Gasteiger partial charge is 0.245 e. The van der Waals surface area contributed by atoms with Gasteiger partial charge in [0.25, 0.3) is 0 Å². The average molecular weight is 252 g/mol. The van der Waals surface area contributed by atoms with Gasteiger partial charge in [-0.05, 0) is 18.1 Å². The fourth-order valence-corrected chi connectivity index (χ4v) is 1.68. The van der Waals surface area contributed by atoms with Gasteiger partial charge in [0.05, 0.1) is 12.8 Å². The van der Waals surface area contributed by atoms with Gasteiger partial charge >= 0.3 is 0 Å². The zero-order valence-electron chi connectivity index (χ0n) is 11.3. The van der Waals surface area contributed by atoms with E-state index < -0.39 is 6.04 Å². The van der Waals surface area contributed by atoms with Crippen LogP contribution in [0.2, 0.25) is 0 Å². The van der Waals surface area contributed by atoms with Gasteiger partial charge in [-0.3, -0.25) is 9.59 Å². The van der Waals surface area contributed by atoms with Crippen molar-refractivity contribution in [3.05, 3.63) is 24.2 Å². The van der Waals surface area contributed by atoms with Gasteiger partial charge in [-0.25, -0.2) is 0 Å². The Hall–Kier alpha value is -1.78. The van der Waals surface area contributed by atoms with Crippen molar-refractivity contribution < 1.29 is 14.0 Å². The van der Waals surface area contributed by atoms with Crippen molar-refractivity contribution in [1.29, 1.82) is 0 Å². The number of nitrogens with one attached hydrogen (secondary N) is 1. The molecule has 2 amide bonds. The molecule has 0 aliphatic rings. The first kappa shape index (κ1) is 14.3. The van der Waals surface area contributed by atoms with E-state index in [-0.39, 0.29) is 17.7 Å². The summed E-state index contributed by atoms with van der Waals surface area (Å²) in [5.41, 5.74) is 0. The Labute approximate surface area is 107 Å². The van der Waals surface area contributed by atoms with E-state index in [2.05, 4.69) is 5.32 Å². The molecule has 1 atom stereocenters. The maximum absolute atomic E-state index is 12.2. The van der Waals surface area contributed by atoms with Gasteiger partial charge in [0, 0.05) is 14.0 Å². The molecule has 0 aliphatic heterocycles. The monoisotopic (exact) mass is 252 g/mol. The predicted molar refractivity (Wildman–Crippen MR) is 67.6 cm³/mol. The first-order valence-corrected chi connectivity index (χ1v) is 5.96.